The van der Waals surface area contributed by atoms with E-state index in [1.807, 2.05) is 6.92 Å². The maximum atomic E-state index is 13.6. The molecule has 0 aromatic heterocycles. The maximum absolute atomic E-state index is 13.6. The summed E-state index contributed by atoms with van der Waals surface area (Å²) in [7, 11) is 1.44. The number of rotatable bonds is 2. The number of anilines is 1. The highest BCUT2D eigenvalue weighted by atomic mass is 32.2. The van der Waals surface area contributed by atoms with Crippen LogP contribution in [0.25, 0.3) is 0 Å². The third-order valence-corrected chi connectivity index (χ3v) is 4.20. The second-order valence-electron chi connectivity index (χ2n) is 4.50. The molecule has 1 atom stereocenters. The van der Waals surface area contributed by atoms with Crippen LogP contribution in [0.2, 0.25) is 0 Å². The first-order valence-corrected chi connectivity index (χ1v) is 7.15. The average Bonchev–Trinajstić information content (AvgIpc) is 2.37. The number of carbonyl (C=O) groups excluding carboxylic acids is 1. The molecule has 1 saturated heterocycles. The van der Waals surface area contributed by atoms with E-state index in [1.165, 1.54) is 7.05 Å². The zero-order valence-electron chi connectivity index (χ0n) is 10.9. The van der Waals surface area contributed by atoms with Crippen LogP contribution in [-0.4, -0.2) is 41.9 Å². The van der Waals surface area contributed by atoms with Crippen molar-refractivity contribution in [1.82, 2.24) is 4.90 Å². The van der Waals surface area contributed by atoms with Gasteiger partial charge in [-0.1, -0.05) is 6.92 Å². The summed E-state index contributed by atoms with van der Waals surface area (Å²) in [6.45, 7) is 3.26. The molecular formula is C13H16F2N2OS. The van der Waals surface area contributed by atoms with Crippen LogP contribution < -0.4 is 5.32 Å². The van der Waals surface area contributed by atoms with Gasteiger partial charge in [0.05, 0.1) is 0 Å². The van der Waals surface area contributed by atoms with Crippen molar-refractivity contribution < 1.29 is 13.6 Å². The third kappa shape index (κ3) is 3.00. The van der Waals surface area contributed by atoms with Crippen molar-refractivity contribution in [3.8, 4) is 0 Å². The van der Waals surface area contributed by atoms with E-state index in [4.69, 9.17) is 0 Å². The van der Waals surface area contributed by atoms with Gasteiger partial charge >= 0.3 is 0 Å². The van der Waals surface area contributed by atoms with Crippen LogP contribution in [0.15, 0.2) is 12.1 Å². The molecule has 104 valence electrons. The van der Waals surface area contributed by atoms with Gasteiger partial charge in [0.2, 0.25) is 0 Å². The Kier molecular flexibility index (Phi) is 4.29. The highest BCUT2D eigenvalue weighted by Crippen LogP contribution is 2.23. The fourth-order valence-corrected chi connectivity index (χ4v) is 3.13. The van der Waals surface area contributed by atoms with E-state index in [-0.39, 0.29) is 17.2 Å². The van der Waals surface area contributed by atoms with Gasteiger partial charge in [0.25, 0.3) is 5.91 Å². The minimum Gasteiger partial charge on any atom is -0.383 e. The van der Waals surface area contributed by atoms with Crippen LogP contribution in [0.3, 0.4) is 0 Å². The molecule has 3 nitrogen and oxygen atoms in total. The van der Waals surface area contributed by atoms with Crippen molar-refractivity contribution in [3.05, 3.63) is 29.3 Å². The lowest BCUT2D eigenvalue weighted by Crippen LogP contribution is -2.41. The maximum Gasteiger partial charge on any atom is 0.254 e. The van der Waals surface area contributed by atoms with Crippen LogP contribution in [0.1, 0.15) is 17.3 Å². The number of benzene rings is 1. The van der Waals surface area contributed by atoms with Crippen molar-refractivity contribution in [1.29, 1.82) is 0 Å². The van der Waals surface area contributed by atoms with Crippen LogP contribution >= 0.6 is 11.8 Å². The molecule has 2 rings (SSSR count). The molecule has 1 heterocycles. The fraction of sp³-hybridized carbons (Fsp3) is 0.462. The largest absolute Gasteiger partial charge is 0.383 e. The van der Waals surface area contributed by atoms with Gasteiger partial charge in [-0.05, 0) is 12.1 Å². The summed E-state index contributed by atoms with van der Waals surface area (Å²) in [6, 6.07) is 2.17. The van der Waals surface area contributed by atoms with Gasteiger partial charge in [-0.15, -0.1) is 0 Å². The molecule has 0 spiro atoms. The Balaban J connectivity index is 2.24. The minimum atomic E-state index is -0.745. The Labute approximate surface area is 115 Å². The average molecular weight is 286 g/mol. The summed E-state index contributed by atoms with van der Waals surface area (Å²) < 4.78 is 27.3. The van der Waals surface area contributed by atoms with Gasteiger partial charge in [-0.25, -0.2) is 8.78 Å². The summed E-state index contributed by atoms with van der Waals surface area (Å²) in [4.78, 5) is 13.9. The molecule has 1 aliphatic heterocycles. The first-order valence-electron chi connectivity index (χ1n) is 6.10. The minimum absolute atomic E-state index is 0.0631. The predicted molar refractivity (Wildman–Crippen MR) is 73.7 cm³/mol. The highest BCUT2D eigenvalue weighted by molar-refractivity contribution is 7.99. The number of nitrogens with one attached hydrogen (secondary N) is 1. The molecule has 1 aromatic rings. The molecule has 1 aromatic carbocycles. The van der Waals surface area contributed by atoms with Crippen molar-refractivity contribution in [2.45, 2.75) is 12.2 Å². The molecular weight excluding hydrogens is 270 g/mol. The van der Waals surface area contributed by atoms with E-state index in [0.29, 0.717) is 18.3 Å². The quantitative estimate of drug-likeness (QED) is 0.907. The SMILES string of the molecule is CNc1c(F)cc(C(=O)N2CCSC(C)C2)cc1F. The van der Waals surface area contributed by atoms with Crippen LogP contribution in [0.5, 0.6) is 0 Å². The van der Waals surface area contributed by atoms with Crippen molar-refractivity contribution >= 4 is 23.4 Å². The van der Waals surface area contributed by atoms with E-state index >= 15 is 0 Å². The van der Waals surface area contributed by atoms with Gasteiger partial charge in [0.1, 0.15) is 17.3 Å². The number of nitrogens with zero attached hydrogens (tertiary/aromatic N) is 1. The lowest BCUT2D eigenvalue weighted by atomic mass is 10.1. The molecule has 1 unspecified atom stereocenters. The molecule has 19 heavy (non-hydrogen) atoms. The Morgan fingerprint density at radius 3 is 2.58 bits per heavy atom. The van der Waals surface area contributed by atoms with Crippen molar-refractivity contribution in [3.63, 3.8) is 0 Å². The molecule has 0 radical (unpaired) electrons. The molecule has 1 aliphatic rings. The predicted octanol–water partition coefficient (Wildman–Crippen LogP) is 2.58. The van der Waals surface area contributed by atoms with Crippen molar-refractivity contribution in [2.24, 2.45) is 0 Å². The summed E-state index contributed by atoms with van der Waals surface area (Å²) in [5, 5.41) is 2.79. The smallest absolute Gasteiger partial charge is 0.254 e. The normalized spacial score (nSPS) is 19.4. The first kappa shape index (κ1) is 14.1. The summed E-state index contributed by atoms with van der Waals surface area (Å²) in [6.07, 6.45) is 0. The highest BCUT2D eigenvalue weighted by Gasteiger charge is 2.24. The van der Waals surface area contributed by atoms with E-state index in [0.717, 1.165) is 17.9 Å². The van der Waals surface area contributed by atoms with E-state index in [9.17, 15) is 13.6 Å². The van der Waals surface area contributed by atoms with E-state index in [2.05, 4.69) is 5.32 Å². The second-order valence-corrected chi connectivity index (χ2v) is 6.04. The van der Waals surface area contributed by atoms with Gasteiger partial charge < -0.3 is 10.2 Å². The molecule has 0 bridgehead atoms. The van der Waals surface area contributed by atoms with Gasteiger partial charge in [0, 0.05) is 36.7 Å². The first-order chi connectivity index (χ1) is 9.02. The van der Waals surface area contributed by atoms with Crippen molar-refractivity contribution in [2.75, 3.05) is 31.2 Å². The molecule has 0 aliphatic carbocycles. The zero-order chi connectivity index (χ0) is 14.0. The van der Waals surface area contributed by atoms with Gasteiger partial charge in [-0.2, -0.15) is 11.8 Å². The lowest BCUT2D eigenvalue weighted by Gasteiger charge is -2.30. The molecule has 1 amide bonds. The monoisotopic (exact) mass is 286 g/mol. The van der Waals surface area contributed by atoms with Crippen LogP contribution in [0, 0.1) is 11.6 Å². The zero-order valence-corrected chi connectivity index (χ0v) is 11.7. The fourth-order valence-electron chi connectivity index (χ4n) is 2.12. The molecule has 0 saturated carbocycles. The standard InChI is InChI=1S/C13H16F2N2OS/c1-8-7-17(3-4-19-8)13(18)9-5-10(14)12(16-2)11(15)6-9/h5-6,8,16H,3-4,7H2,1-2H3. The van der Waals surface area contributed by atoms with Crippen LogP contribution in [0.4, 0.5) is 14.5 Å². The van der Waals surface area contributed by atoms with Gasteiger partial charge in [0.15, 0.2) is 0 Å². The summed E-state index contributed by atoms with van der Waals surface area (Å²) in [5.41, 5.74) is -0.146. The molecule has 1 N–H and O–H groups in total. The Morgan fingerprint density at radius 1 is 1.42 bits per heavy atom. The van der Waals surface area contributed by atoms with Gasteiger partial charge in [-0.3, -0.25) is 4.79 Å². The summed E-state index contributed by atoms with van der Waals surface area (Å²) in [5.74, 6) is -0.949. The second kappa shape index (κ2) is 5.77. The number of hydrogen-bond acceptors (Lipinski definition) is 3. The molecule has 6 heteroatoms. The lowest BCUT2D eigenvalue weighted by molar-refractivity contribution is 0.0762. The molecule has 1 fully saturated rings. The Hall–Kier alpha value is -1.30. The van der Waals surface area contributed by atoms with Crippen LogP contribution in [-0.2, 0) is 0 Å². The van der Waals surface area contributed by atoms with E-state index in [1.54, 1.807) is 16.7 Å². The summed E-state index contributed by atoms with van der Waals surface area (Å²) >= 11 is 1.79. The number of carbonyl (C=O) groups is 1. The third-order valence-electron chi connectivity index (χ3n) is 3.07. The Morgan fingerprint density at radius 2 is 2.05 bits per heavy atom. The Bertz CT molecular complexity index is 473. The van der Waals surface area contributed by atoms with E-state index < -0.39 is 11.6 Å². The number of hydrogen-bond donors (Lipinski definition) is 1. The number of thioether (sulfide) groups is 1. The number of halogens is 2. The number of amides is 1. The topological polar surface area (TPSA) is 32.3 Å².